The molecule has 1 unspecified atom stereocenters. The fourth-order valence-electron chi connectivity index (χ4n) is 2.96. The van der Waals surface area contributed by atoms with Crippen LogP contribution >= 0.6 is 0 Å². The van der Waals surface area contributed by atoms with E-state index in [2.05, 4.69) is 17.6 Å². The van der Waals surface area contributed by atoms with Crippen molar-refractivity contribution < 1.29 is 14.3 Å². The van der Waals surface area contributed by atoms with E-state index in [0.717, 1.165) is 31.5 Å². The summed E-state index contributed by atoms with van der Waals surface area (Å²) < 4.78 is 4.90. The van der Waals surface area contributed by atoms with Gasteiger partial charge >= 0.3 is 12.1 Å². The summed E-state index contributed by atoms with van der Waals surface area (Å²) in [5.41, 5.74) is 2.15. The van der Waals surface area contributed by atoms with E-state index >= 15 is 0 Å². The number of benzene rings is 1. The van der Waals surface area contributed by atoms with Crippen molar-refractivity contribution in [3.63, 3.8) is 0 Å². The Balaban J connectivity index is 2.04. The van der Waals surface area contributed by atoms with Crippen molar-refractivity contribution in [2.75, 3.05) is 30.3 Å². The lowest BCUT2D eigenvalue weighted by molar-refractivity contribution is 0.168. The smallest absolute Gasteiger partial charge is 0.411 e. The monoisotopic (exact) mass is 333 g/mol. The van der Waals surface area contributed by atoms with Crippen LogP contribution in [-0.2, 0) is 4.74 Å². The van der Waals surface area contributed by atoms with Gasteiger partial charge in [-0.1, -0.05) is 19.4 Å². The Morgan fingerprint density at radius 3 is 2.62 bits per heavy atom. The van der Waals surface area contributed by atoms with Crippen LogP contribution in [0, 0.1) is 12.8 Å². The fraction of sp³-hybridized carbons (Fsp3) is 0.556. The molecule has 0 aromatic heterocycles. The minimum absolute atomic E-state index is 0.0791. The number of urea groups is 1. The van der Waals surface area contributed by atoms with E-state index in [9.17, 15) is 9.59 Å². The van der Waals surface area contributed by atoms with Crippen molar-refractivity contribution in [1.82, 2.24) is 4.90 Å². The Bertz CT molecular complexity index is 589. The van der Waals surface area contributed by atoms with Crippen LogP contribution in [-0.4, -0.2) is 36.7 Å². The molecule has 0 bridgehead atoms. The van der Waals surface area contributed by atoms with E-state index in [1.807, 2.05) is 17.9 Å². The first-order valence-electron chi connectivity index (χ1n) is 8.64. The van der Waals surface area contributed by atoms with Gasteiger partial charge in [-0.05, 0) is 50.3 Å². The van der Waals surface area contributed by atoms with E-state index in [1.165, 1.54) is 6.42 Å². The van der Waals surface area contributed by atoms with Crippen molar-refractivity contribution in [2.24, 2.45) is 5.92 Å². The topological polar surface area (TPSA) is 70.7 Å². The second kappa shape index (κ2) is 8.57. The van der Waals surface area contributed by atoms with Gasteiger partial charge in [-0.15, -0.1) is 0 Å². The zero-order chi connectivity index (χ0) is 17.5. The van der Waals surface area contributed by atoms with Gasteiger partial charge in [0.1, 0.15) is 0 Å². The number of hydrogen-bond donors (Lipinski definition) is 2. The summed E-state index contributed by atoms with van der Waals surface area (Å²) in [5.74, 6) is 0.586. The van der Waals surface area contributed by atoms with Gasteiger partial charge in [-0.2, -0.15) is 0 Å². The first kappa shape index (κ1) is 18.1. The van der Waals surface area contributed by atoms with Crippen LogP contribution in [0.5, 0.6) is 0 Å². The molecule has 1 aliphatic heterocycles. The predicted molar refractivity (Wildman–Crippen MR) is 95.4 cm³/mol. The molecule has 1 aliphatic rings. The van der Waals surface area contributed by atoms with E-state index in [0.29, 0.717) is 23.9 Å². The minimum Gasteiger partial charge on any atom is -0.450 e. The molecule has 2 N–H and O–H groups in total. The zero-order valence-corrected chi connectivity index (χ0v) is 14.7. The molecular formula is C18H27N3O3. The Kier molecular flexibility index (Phi) is 6.46. The molecule has 24 heavy (non-hydrogen) atoms. The second-order valence-corrected chi connectivity index (χ2v) is 6.12. The van der Waals surface area contributed by atoms with Gasteiger partial charge in [-0.25, -0.2) is 9.59 Å². The number of hydrogen-bond acceptors (Lipinski definition) is 3. The zero-order valence-electron chi connectivity index (χ0n) is 14.7. The summed E-state index contributed by atoms with van der Waals surface area (Å²) in [4.78, 5) is 26.0. The number of amides is 3. The summed E-state index contributed by atoms with van der Waals surface area (Å²) in [6.07, 6.45) is 2.85. The van der Waals surface area contributed by atoms with Crippen LogP contribution in [0.4, 0.5) is 21.0 Å². The third-order valence-electron chi connectivity index (χ3n) is 4.47. The van der Waals surface area contributed by atoms with Crippen molar-refractivity contribution in [3.8, 4) is 0 Å². The lowest BCUT2D eigenvalue weighted by atomic mass is 9.96. The van der Waals surface area contributed by atoms with Crippen LogP contribution in [0.3, 0.4) is 0 Å². The number of nitrogens with zero attached hydrogens (tertiary/aromatic N) is 1. The maximum absolute atomic E-state index is 12.5. The number of likely N-dealkylation sites (tertiary alicyclic amines) is 1. The first-order valence-corrected chi connectivity index (χ1v) is 8.64. The Labute approximate surface area is 143 Å². The highest BCUT2D eigenvalue weighted by atomic mass is 16.5. The maximum atomic E-state index is 12.5. The molecule has 1 atom stereocenters. The van der Waals surface area contributed by atoms with Crippen molar-refractivity contribution >= 4 is 23.5 Å². The number of carbonyl (C=O) groups excluding carboxylic acids is 2. The van der Waals surface area contributed by atoms with Gasteiger partial charge in [0.25, 0.3) is 0 Å². The van der Waals surface area contributed by atoms with Crippen molar-refractivity contribution in [3.05, 3.63) is 23.8 Å². The summed E-state index contributed by atoms with van der Waals surface area (Å²) in [6.45, 7) is 7.70. The van der Waals surface area contributed by atoms with Gasteiger partial charge in [0, 0.05) is 24.5 Å². The van der Waals surface area contributed by atoms with Gasteiger partial charge in [-0.3, -0.25) is 5.32 Å². The number of anilines is 2. The first-order chi connectivity index (χ1) is 11.5. The lowest BCUT2D eigenvalue weighted by Crippen LogP contribution is -2.42. The molecule has 0 radical (unpaired) electrons. The lowest BCUT2D eigenvalue weighted by Gasteiger charge is -2.32. The molecule has 2 rings (SSSR count). The molecule has 1 heterocycles. The van der Waals surface area contributed by atoms with Crippen LogP contribution in [0.1, 0.15) is 38.7 Å². The van der Waals surface area contributed by atoms with Crippen LogP contribution in [0.15, 0.2) is 18.2 Å². The summed E-state index contributed by atoms with van der Waals surface area (Å²) >= 11 is 0. The average Bonchev–Trinajstić information content (AvgIpc) is 2.58. The molecule has 3 amide bonds. The predicted octanol–water partition coefficient (Wildman–Crippen LogP) is 4.22. The van der Waals surface area contributed by atoms with Crippen LogP contribution in [0.2, 0.25) is 0 Å². The van der Waals surface area contributed by atoms with Gasteiger partial charge in [0.15, 0.2) is 0 Å². The second-order valence-electron chi connectivity index (χ2n) is 6.12. The van der Waals surface area contributed by atoms with Crippen LogP contribution < -0.4 is 10.6 Å². The van der Waals surface area contributed by atoms with E-state index in [1.54, 1.807) is 19.1 Å². The number of carbonyl (C=O) groups is 2. The van der Waals surface area contributed by atoms with Crippen molar-refractivity contribution in [2.45, 2.75) is 40.0 Å². The average molecular weight is 333 g/mol. The quantitative estimate of drug-likeness (QED) is 0.867. The molecule has 1 aromatic carbocycles. The number of rotatable bonds is 4. The molecule has 1 aromatic rings. The highest BCUT2D eigenvalue weighted by Gasteiger charge is 2.23. The fourth-order valence-corrected chi connectivity index (χ4v) is 2.96. The maximum Gasteiger partial charge on any atom is 0.411 e. The molecule has 0 aliphatic carbocycles. The summed E-state index contributed by atoms with van der Waals surface area (Å²) in [6, 6.07) is 5.35. The highest BCUT2D eigenvalue weighted by Crippen LogP contribution is 2.25. The standard InChI is InChI=1S/C18H27N3O3/c1-4-14-8-7-11-21(12-14)17(22)19-15-9-6-10-16(13(15)3)20-18(23)24-5-2/h6,9-10,14H,4-5,7-8,11-12H2,1-3H3,(H,19,22)(H,20,23). The largest absolute Gasteiger partial charge is 0.450 e. The summed E-state index contributed by atoms with van der Waals surface area (Å²) in [5, 5.41) is 5.66. The number of nitrogens with one attached hydrogen (secondary N) is 2. The van der Waals surface area contributed by atoms with Gasteiger partial charge < -0.3 is 15.0 Å². The molecule has 6 heteroatoms. The molecule has 132 valence electrons. The molecule has 6 nitrogen and oxygen atoms in total. The SMILES string of the molecule is CCOC(=O)Nc1cccc(NC(=O)N2CCCC(CC)C2)c1C. The third kappa shape index (κ3) is 4.63. The van der Waals surface area contributed by atoms with Crippen molar-refractivity contribution in [1.29, 1.82) is 0 Å². The molecule has 1 fully saturated rings. The number of ether oxygens (including phenoxy) is 1. The normalized spacial score (nSPS) is 17.3. The van der Waals surface area contributed by atoms with E-state index < -0.39 is 6.09 Å². The molecule has 0 spiro atoms. The Hall–Kier alpha value is -2.24. The van der Waals surface area contributed by atoms with E-state index in [4.69, 9.17) is 4.74 Å². The highest BCUT2D eigenvalue weighted by molar-refractivity contribution is 5.93. The molecule has 0 saturated carbocycles. The van der Waals surface area contributed by atoms with E-state index in [-0.39, 0.29) is 6.03 Å². The Morgan fingerprint density at radius 1 is 1.25 bits per heavy atom. The third-order valence-corrected chi connectivity index (χ3v) is 4.47. The number of piperidine rings is 1. The molecular weight excluding hydrogens is 306 g/mol. The van der Waals surface area contributed by atoms with Gasteiger partial charge in [0.2, 0.25) is 0 Å². The molecule has 1 saturated heterocycles. The Morgan fingerprint density at radius 2 is 1.96 bits per heavy atom. The minimum atomic E-state index is -0.495. The van der Waals surface area contributed by atoms with Crippen LogP contribution in [0.25, 0.3) is 0 Å². The van der Waals surface area contributed by atoms with Gasteiger partial charge in [0.05, 0.1) is 6.61 Å². The summed E-state index contributed by atoms with van der Waals surface area (Å²) in [7, 11) is 0.